The molecule has 9 heteroatoms. The minimum Gasteiger partial charge on any atom is -0.312 e. The molecule has 1 unspecified atom stereocenters. The molecule has 1 saturated heterocycles. The van der Waals surface area contributed by atoms with E-state index in [1.165, 1.54) is 16.9 Å². The standard InChI is InChI=1S/C25H24ClN5O2S/c1-2-3-4-16-5-11-20(12-6-16)30-14-18(13-22(30)32)23(33)27-24-28-25-31(29-24)21(15-34-25)17-7-9-19(26)10-8-17/h5-12,15,18H,2-4,13-14H2,1H3,(H,27,29,33). The number of unbranched alkanes of at least 4 members (excludes halogenated alkanes) is 1. The third-order valence-corrected chi connectivity index (χ3v) is 7.09. The predicted octanol–water partition coefficient (Wildman–Crippen LogP) is 5.45. The summed E-state index contributed by atoms with van der Waals surface area (Å²) < 4.78 is 1.70. The molecule has 4 aromatic rings. The lowest BCUT2D eigenvalue weighted by Gasteiger charge is -2.17. The molecular formula is C25H24ClN5O2S. The van der Waals surface area contributed by atoms with Crippen LogP contribution in [0, 0.1) is 5.92 Å². The van der Waals surface area contributed by atoms with E-state index in [0.717, 1.165) is 36.2 Å². The van der Waals surface area contributed by atoms with Crippen molar-refractivity contribution in [3.8, 4) is 11.3 Å². The van der Waals surface area contributed by atoms with E-state index in [1.807, 2.05) is 41.8 Å². The van der Waals surface area contributed by atoms with Crippen molar-refractivity contribution in [2.75, 3.05) is 16.8 Å². The van der Waals surface area contributed by atoms with Crippen LogP contribution in [-0.2, 0) is 16.0 Å². The van der Waals surface area contributed by atoms with Gasteiger partial charge >= 0.3 is 0 Å². The van der Waals surface area contributed by atoms with Crippen LogP contribution >= 0.6 is 22.9 Å². The molecule has 0 bridgehead atoms. The number of halogens is 1. The molecule has 0 radical (unpaired) electrons. The summed E-state index contributed by atoms with van der Waals surface area (Å²) in [4.78, 5) is 32.3. The molecule has 3 heterocycles. The fourth-order valence-corrected chi connectivity index (χ4v) is 5.08. The van der Waals surface area contributed by atoms with Crippen LogP contribution in [0.5, 0.6) is 0 Å². The number of hydrogen-bond acceptors (Lipinski definition) is 5. The summed E-state index contributed by atoms with van der Waals surface area (Å²) in [6, 6.07) is 15.5. The molecule has 1 N–H and O–H groups in total. The second-order valence-corrected chi connectivity index (χ2v) is 9.70. The minimum absolute atomic E-state index is 0.0507. The number of carbonyl (C=O) groups excluding carboxylic acids is 2. The first-order valence-electron chi connectivity index (χ1n) is 11.3. The molecule has 1 fully saturated rings. The van der Waals surface area contributed by atoms with Crippen LogP contribution < -0.4 is 10.2 Å². The second kappa shape index (κ2) is 9.56. The van der Waals surface area contributed by atoms with Crippen LogP contribution in [0.15, 0.2) is 53.9 Å². The van der Waals surface area contributed by atoms with Crippen molar-refractivity contribution in [2.24, 2.45) is 5.92 Å². The Morgan fingerprint density at radius 2 is 1.94 bits per heavy atom. The Labute approximate surface area is 206 Å². The number of nitrogens with zero attached hydrogens (tertiary/aromatic N) is 4. The number of carbonyl (C=O) groups is 2. The Hall–Kier alpha value is -3.23. The van der Waals surface area contributed by atoms with Gasteiger partial charge in [0.2, 0.25) is 22.7 Å². The summed E-state index contributed by atoms with van der Waals surface area (Å²) in [6.45, 7) is 2.51. The largest absolute Gasteiger partial charge is 0.312 e. The van der Waals surface area contributed by atoms with E-state index in [1.54, 1.807) is 9.42 Å². The highest BCUT2D eigenvalue weighted by atomic mass is 35.5. The van der Waals surface area contributed by atoms with Gasteiger partial charge in [0.05, 0.1) is 11.6 Å². The summed E-state index contributed by atoms with van der Waals surface area (Å²) >= 11 is 7.43. The summed E-state index contributed by atoms with van der Waals surface area (Å²) in [6.07, 6.45) is 3.49. The first-order chi connectivity index (χ1) is 16.5. The van der Waals surface area contributed by atoms with Gasteiger partial charge in [-0.25, -0.2) is 4.52 Å². The van der Waals surface area contributed by atoms with Crippen LogP contribution in [-0.4, -0.2) is 33.0 Å². The monoisotopic (exact) mass is 493 g/mol. The molecule has 5 rings (SSSR count). The highest BCUT2D eigenvalue weighted by Crippen LogP contribution is 2.29. The van der Waals surface area contributed by atoms with Gasteiger partial charge in [0.25, 0.3) is 0 Å². The number of benzene rings is 2. The number of aryl methyl sites for hydroxylation is 1. The van der Waals surface area contributed by atoms with E-state index in [4.69, 9.17) is 11.6 Å². The summed E-state index contributed by atoms with van der Waals surface area (Å²) in [5, 5.41) is 9.89. The molecule has 7 nitrogen and oxygen atoms in total. The number of hydrogen-bond donors (Lipinski definition) is 1. The third-order valence-electron chi connectivity index (χ3n) is 6.02. The normalized spacial score (nSPS) is 15.9. The van der Waals surface area contributed by atoms with Crippen LogP contribution in [0.3, 0.4) is 0 Å². The maximum atomic E-state index is 12.9. The van der Waals surface area contributed by atoms with Gasteiger partial charge in [0.1, 0.15) is 0 Å². The van der Waals surface area contributed by atoms with E-state index < -0.39 is 5.92 Å². The van der Waals surface area contributed by atoms with Crippen molar-refractivity contribution in [1.29, 1.82) is 0 Å². The molecule has 2 amide bonds. The van der Waals surface area contributed by atoms with Gasteiger partial charge < -0.3 is 4.90 Å². The van der Waals surface area contributed by atoms with E-state index in [2.05, 4.69) is 34.5 Å². The summed E-state index contributed by atoms with van der Waals surface area (Å²) in [7, 11) is 0. The molecule has 2 aromatic carbocycles. The molecule has 0 spiro atoms. The van der Waals surface area contributed by atoms with Crippen molar-refractivity contribution in [3.05, 3.63) is 64.5 Å². The molecule has 1 aliphatic rings. The van der Waals surface area contributed by atoms with Crippen LogP contribution in [0.25, 0.3) is 16.2 Å². The average Bonchev–Trinajstić information content (AvgIpc) is 3.53. The minimum atomic E-state index is -0.454. The number of nitrogens with one attached hydrogen (secondary N) is 1. The van der Waals surface area contributed by atoms with Gasteiger partial charge in [-0.1, -0.05) is 49.2 Å². The van der Waals surface area contributed by atoms with Gasteiger partial charge in [-0.05, 0) is 42.7 Å². The van der Waals surface area contributed by atoms with Crippen molar-refractivity contribution in [1.82, 2.24) is 14.6 Å². The highest BCUT2D eigenvalue weighted by molar-refractivity contribution is 7.15. The van der Waals surface area contributed by atoms with Crippen LogP contribution in [0.4, 0.5) is 11.6 Å². The van der Waals surface area contributed by atoms with Crippen LogP contribution in [0.2, 0.25) is 5.02 Å². The van der Waals surface area contributed by atoms with Gasteiger partial charge in [-0.3, -0.25) is 14.9 Å². The molecule has 0 aliphatic carbocycles. The molecule has 1 aliphatic heterocycles. The Bertz CT molecular complexity index is 1330. The predicted molar refractivity (Wildman–Crippen MR) is 135 cm³/mol. The number of thiazole rings is 1. The van der Waals surface area contributed by atoms with E-state index >= 15 is 0 Å². The van der Waals surface area contributed by atoms with Crippen molar-refractivity contribution in [2.45, 2.75) is 32.6 Å². The zero-order valence-electron chi connectivity index (χ0n) is 18.7. The molecule has 34 heavy (non-hydrogen) atoms. The summed E-state index contributed by atoms with van der Waals surface area (Å²) in [5.41, 5.74) is 3.91. The SMILES string of the molecule is CCCCc1ccc(N2CC(C(=O)Nc3nc4scc(-c5ccc(Cl)cc5)n4n3)CC2=O)cc1. The van der Waals surface area contributed by atoms with Gasteiger partial charge in [-0.15, -0.1) is 16.4 Å². The number of aromatic nitrogens is 3. The van der Waals surface area contributed by atoms with Gasteiger partial charge in [0, 0.05) is 34.6 Å². The number of amides is 2. The fraction of sp³-hybridized carbons (Fsp3) is 0.280. The van der Waals surface area contributed by atoms with E-state index in [9.17, 15) is 9.59 Å². The molecular weight excluding hydrogens is 470 g/mol. The second-order valence-electron chi connectivity index (χ2n) is 8.42. The molecule has 0 saturated carbocycles. The maximum absolute atomic E-state index is 12.9. The zero-order chi connectivity index (χ0) is 23.7. The van der Waals surface area contributed by atoms with E-state index in [-0.39, 0.29) is 24.2 Å². The third kappa shape index (κ3) is 4.56. The lowest BCUT2D eigenvalue weighted by atomic mass is 10.1. The first-order valence-corrected chi connectivity index (χ1v) is 12.6. The lowest BCUT2D eigenvalue weighted by molar-refractivity contribution is -0.122. The van der Waals surface area contributed by atoms with Crippen molar-refractivity contribution >= 4 is 51.3 Å². The van der Waals surface area contributed by atoms with Gasteiger partial charge in [0.15, 0.2) is 0 Å². The molecule has 1 atom stereocenters. The smallest absolute Gasteiger partial charge is 0.250 e. The fourth-order valence-electron chi connectivity index (χ4n) is 4.12. The highest BCUT2D eigenvalue weighted by Gasteiger charge is 2.35. The Morgan fingerprint density at radius 1 is 1.18 bits per heavy atom. The quantitative estimate of drug-likeness (QED) is 0.371. The molecule has 174 valence electrons. The van der Waals surface area contributed by atoms with Crippen molar-refractivity contribution in [3.63, 3.8) is 0 Å². The van der Waals surface area contributed by atoms with Gasteiger partial charge in [-0.2, -0.15) is 4.98 Å². The Balaban J connectivity index is 1.26. The topological polar surface area (TPSA) is 79.6 Å². The lowest BCUT2D eigenvalue weighted by Crippen LogP contribution is -2.28. The molecule has 2 aromatic heterocycles. The zero-order valence-corrected chi connectivity index (χ0v) is 20.3. The number of rotatable bonds is 7. The maximum Gasteiger partial charge on any atom is 0.250 e. The number of anilines is 2. The Morgan fingerprint density at radius 3 is 2.68 bits per heavy atom. The first kappa shape index (κ1) is 22.6. The Kier molecular flexibility index (Phi) is 6.34. The summed E-state index contributed by atoms with van der Waals surface area (Å²) in [5.74, 6) is -0.519. The average molecular weight is 494 g/mol. The van der Waals surface area contributed by atoms with Crippen LogP contribution in [0.1, 0.15) is 31.7 Å². The van der Waals surface area contributed by atoms with Crippen molar-refractivity contribution < 1.29 is 9.59 Å². The van der Waals surface area contributed by atoms with E-state index in [0.29, 0.717) is 16.5 Å². The number of fused-ring (bicyclic) bond motifs is 1.